The number of hydrogen-bond donors (Lipinski definition) is 1. The standard InChI is InChI=1S/C14H20BrNO2/c1-2-16-8-12-7-13(15)3-4-14(12)18-10-11-5-6-17-9-11/h3-4,7,11,16H,2,5-6,8-10H2,1H3. The molecule has 1 aliphatic heterocycles. The first-order chi connectivity index (χ1) is 8.79. The lowest BCUT2D eigenvalue weighted by Gasteiger charge is -2.14. The molecule has 0 aromatic heterocycles. The van der Waals surface area contributed by atoms with Crippen LogP contribution in [0.4, 0.5) is 0 Å². The van der Waals surface area contributed by atoms with Gasteiger partial charge in [-0.05, 0) is 31.2 Å². The zero-order valence-corrected chi connectivity index (χ0v) is 12.3. The van der Waals surface area contributed by atoms with Crippen LogP contribution in [0.5, 0.6) is 5.75 Å². The van der Waals surface area contributed by atoms with Crippen molar-refractivity contribution in [3.8, 4) is 5.75 Å². The van der Waals surface area contributed by atoms with E-state index in [2.05, 4.69) is 34.2 Å². The summed E-state index contributed by atoms with van der Waals surface area (Å²) in [5, 5.41) is 3.33. The lowest BCUT2D eigenvalue weighted by atomic mass is 10.1. The smallest absolute Gasteiger partial charge is 0.123 e. The van der Waals surface area contributed by atoms with Crippen molar-refractivity contribution < 1.29 is 9.47 Å². The molecule has 1 aromatic carbocycles. The van der Waals surface area contributed by atoms with Crippen molar-refractivity contribution in [1.29, 1.82) is 0 Å². The third-order valence-corrected chi connectivity index (χ3v) is 3.58. The van der Waals surface area contributed by atoms with E-state index < -0.39 is 0 Å². The fraction of sp³-hybridized carbons (Fsp3) is 0.571. The van der Waals surface area contributed by atoms with Gasteiger partial charge in [-0.3, -0.25) is 0 Å². The van der Waals surface area contributed by atoms with Gasteiger partial charge in [-0.2, -0.15) is 0 Å². The van der Waals surface area contributed by atoms with Gasteiger partial charge < -0.3 is 14.8 Å². The van der Waals surface area contributed by atoms with Gasteiger partial charge >= 0.3 is 0 Å². The highest BCUT2D eigenvalue weighted by atomic mass is 79.9. The molecule has 1 N–H and O–H groups in total. The average molecular weight is 314 g/mol. The fourth-order valence-electron chi connectivity index (χ4n) is 2.01. The molecule has 0 bridgehead atoms. The van der Waals surface area contributed by atoms with E-state index in [4.69, 9.17) is 9.47 Å². The molecular weight excluding hydrogens is 294 g/mol. The summed E-state index contributed by atoms with van der Waals surface area (Å²) in [7, 11) is 0. The number of hydrogen-bond acceptors (Lipinski definition) is 3. The fourth-order valence-corrected chi connectivity index (χ4v) is 2.42. The van der Waals surface area contributed by atoms with Gasteiger partial charge in [0, 0.05) is 29.1 Å². The molecule has 18 heavy (non-hydrogen) atoms. The Morgan fingerprint density at radius 2 is 2.39 bits per heavy atom. The zero-order chi connectivity index (χ0) is 12.8. The molecule has 1 saturated heterocycles. The van der Waals surface area contributed by atoms with Crippen molar-refractivity contribution in [3.05, 3.63) is 28.2 Å². The van der Waals surface area contributed by atoms with Crippen molar-refractivity contribution in [3.63, 3.8) is 0 Å². The molecule has 1 atom stereocenters. The maximum absolute atomic E-state index is 5.93. The van der Waals surface area contributed by atoms with Crippen LogP contribution in [-0.4, -0.2) is 26.4 Å². The third-order valence-electron chi connectivity index (χ3n) is 3.09. The van der Waals surface area contributed by atoms with Crippen LogP contribution in [0.3, 0.4) is 0 Å². The van der Waals surface area contributed by atoms with Crippen LogP contribution in [0.15, 0.2) is 22.7 Å². The summed E-state index contributed by atoms with van der Waals surface area (Å²) in [6.45, 7) is 6.36. The molecule has 0 aliphatic carbocycles. The lowest BCUT2D eigenvalue weighted by Crippen LogP contribution is -2.15. The second kappa shape index (κ2) is 7.12. The van der Waals surface area contributed by atoms with E-state index in [1.165, 1.54) is 5.56 Å². The van der Waals surface area contributed by atoms with E-state index in [9.17, 15) is 0 Å². The lowest BCUT2D eigenvalue weighted by molar-refractivity contribution is 0.166. The second-order valence-corrected chi connectivity index (χ2v) is 5.49. The molecule has 3 nitrogen and oxygen atoms in total. The summed E-state index contributed by atoms with van der Waals surface area (Å²) in [5.41, 5.74) is 1.20. The Hall–Kier alpha value is -0.580. The first-order valence-corrected chi connectivity index (χ1v) is 7.28. The number of rotatable bonds is 6. The maximum Gasteiger partial charge on any atom is 0.123 e. The van der Waals surface area contributed by atoms with Crippen molar-refractivity contribution in [1.82, 2.24) is 5.32 Å². The Morgan fingerprint density at radius 3 is 3.11 bits per heavy atom. The molecular formula is C14H20BrNO2. The van der Waals surface area contributed by atoms with E-state index >= 15 is 0 Å². The summed E-state index contributed by atoms with van der Waals surface area (Å²) in [6, 6.07) is 6.17. The molecule has 1 aromatic rings. The number of benzene rings is 1. The van der Waals surface area contributed by atoms with Crippen molar-refractivity contribution >= 4 is 15.9 Å². The topological polar surface area (TPSA) is 30.5 Å². The van der Waals surface area contributed by atoms with Gasteiger partial charge in [-0.15, -0.1) is 0 Å². The Morgan fingerprint density at radius 1 is 1.50 bits per heavy atom. The molecule has 100 valence electrons. The molecule has 2 rings (SSSR count). The summed E-state index contributed by atoms with van der Waals surface area (Å²) < 4.78 is 12.4. The molecule has 1 fully saturated rings. The predicted octanol–water partition coefficient (Wildman–Crippen LogP) is 2.97. The van der Waals surface area contributed by atoms with E-state index in [1.54, 1.807) is 0 Å². The highest BCUT2D eigenvalue weighted by molar-refractivity contribution is 9.10. The van der Waals surface area contributed by atoms with E-state index in [-0.39, 0.29) is 0 Å². The van der Waals surface area contributed by atoms with Gasteiger partial charge in [0.2, 0.25) is 0 Å². The van der Waals surface area contributed by atoms with Gasteiger partial charge in [0.15, 0.2) is 0 Å². The van der Waals surface area contributed by atoms with Gasteiger partial charge in [0.25, 0.3) is 0 Å². The van der Waals surface area contributed by atoms with Crippen LogP contribution in [0.2, 0.25) is 0 Å². The number of ether oxygens (including phenoxy) is 2. The quantitative estimate of drug-likeness (QED) is 0.876. The summed E-state index contributed by atoms with van der Waals surface area (Å²) in [5.74, 6) is 1.52. The molecule has 1 unspecified atom stereocenters. The largest absolute Gasteiger partial charge is 0.493 e. The normalized spacial score (nSPS) is 19.1. The highest BCUT2D eigenvalue weighted by Crippen LogP contribution is 2.24. The summed E-state index contributed by atoms with van der Waals surface area (Å²) in [4.78, 5) is 0. The molecule has 0 radical (unpaired) electrons. The highest BCUT2D eigenvalue weighted by Gasteiger charge is 2.16. The Kier molecular flexibility index (Phi) is 5.47. The minimum atomic E-state index is 0.542. The van der Waals surface area contributed by atoms with Gasteiger partial charge in [0.05, 0.1) is 13.2 Å². The van der Waals surface area contributed by atoms with Gasteiger partial charge in [0.1, 0.15) is 5.75 Å². The van der Waals surface area contributed by atoms with Crippen LogP contribution in [-0.2, 0) is 11.3 Å². The molecule has 4 heteroatoms. The maximum atomic E-state index is 5.93. The minimum absolute atomic E-state index is 0.542. The zero-order valence-electron chi connectivity index (χ0n) is 10.7. The van der Waals surface area contributed by atoms with Crippen molar-refractivity contribution in [2.75, 3.05) is 26.4 Å². The van der Waals surface area contributed by atoms with Crippen LogP contribution in [0, 0.1) is 5.92 Å². The second-order valence-electron chi connectivity index (χ2n) is 4.57. The molecule has 0 amide bonds. The first-order valence-electron chi connectivity index (χ1n) is 6.49. The first kappa shape index (κ1) is 13.8. The Bertz CT molecular complexity index is 378. The van der Waals surface area contributed by atoms with Crippen molar-refractivity contribution in [2.45, 2.75) is 19.9 Å². The van der Waals surface area contributed by atoms with Crippen molar-refractivity contribution in [2.24, 2.45) is 5.92 Å². The van der Waals surface area contributed by atoms with E-state index in [0.29, 0.717) is 5.92 Å². The SMILES string of the molecule is CCNCc1cc(Br)ccc1OCC1CCOC1. The van der Waals surface area contributed by atoms with Crippen LogP contribution < -0.4 is 10.1 Å². The summed E-state index contributed by atoms with van der Waals surface area (Å²) >= 11 is 3.50. The van der Waals surface area contributed by atoms with Crippen LogP contribution >= 0.6 is 15.9 Å². The van der Waals surface area contributed by atoms with Crippen LogP contribution in [0.25, 0.3) is 0 Å². The monoisotopic (exact) mass is 313 g/mol. The number of halogens is 1. The molecule has 1 heterocycles. The van der Waals surface area contributed by atoms with E-state index in [0.717, 1.165) is 49.6 Å². The van der Waals surface area contributed by atoms with Gasteiger partial charge in [-0.25, -0.2) is 0 Å². The van der Waals surface area contributed by atoms with E-state index in [1.807, 2.05) is 12.1 Å². The Balaban J connectivity index is 1.96. The summed E-state index contributed by atoms with van der Waals surface area (Å²) in [6.07, 6.45) is 1.11. The molecule has 0 saturated carbocycles. The number of nitrogens with one attached hydrogen (secondary N) is 1. The van der Waals surface area contributed by atoms with Crippen LogP contribution in [0.1, 0.15) is 18.9 Å². The Labute approximate surface area is 117 Å². The molecule has 0 spiro atoms. The third kappa shape index (κ3) is 3.97. The van der Waals surface area contributed by atoms with Gasteiger partial charge in [-0.1, -0.05) is 22.9 Å². The molecule has 1 aliphatic rings. The predicted molar refractivity (Wildman–Crippen MR) is 75.9 cm³/mol. The minimum Gasteiger partial charge on any atom is -0.493 e. The average Bonchev–Trinajstić information content (AvgIpc) is 2.88.